The van der Waals surface area contributed by atoms with Crippen LogP contribution in [0.4, 0.5) is 19.0 Å². The first-order chi connectivity index (χ1) is 16.1. The first-order valence-electron chi connectivity index (χ1n) is 10.8. The predicted octanol–water partition coefficient (Wildman–Crippen LogP) is 3.31. The number of imidazole rings is 1. The lowest BCUT2D eigenvalue weighted by Gasteiger charge is -2.42. The second-order valence-corrected chi connectivity index (χ2v) is 9.10. The van der Waals surface area contributed by atoms with Crippen molar-refractivity contribution in [3.63, 3.8) is 0 Å². The van der Waals surface area contributed by atoms with Gasteiger partial charge >= 0.3 is 6.18 Å². The van der Waals surface area contributed by atoms with Gasteiger partial charge in [0.1, 0.15) is 11.5 Å². The van der Waals surface area contributed by atoms with Gasteiger partial charge in [0.05, 0.1) is 24.2 Å². The predicted molar refractivity (Wildman–Crippen MR) is 117 cm³/mol. The number of aromatic nitrogens is 7. The van der Waals surface area contributed by atoms with Crippen molar-refractivity contribution in [1.82, 2.24) is 34.5 Å². The molecular formula is C22H23F3N8O. The van der Waals surface area contributed by atoms with Crippen molar-refractivity contribution in [3.8, 4) is 11.5 Å². The number of rotatable bonds is 4. The van der Waals surface area contributed by atoms with Gasteiger partial charge in [-0.1, -0.05) is 0 Å². The second kappa shape index (κ2) is 8.05. The van der Waals surface area contributed by atoms with E-state index in [1.54, 1.807) is 32.3 Å². The average molecular weight is 472 g/mol. The van der Waals surface area contributed by atoms with Crippen LogP contribution in [0, 0.1) is 5.92 Å². The fourth-order valence-corrected chi connectivity index (χ4v) is 4.37. The molecule has 1 saturated heterocycles. The number of halogens is 3. The van der Waals surface area contributed by atoms with E-state index in [0.29, 0.717) is 24.6 Å². The normalized spacial score (nSPS) is 19.6. The van der Waals surface area contributed by atoms with E-state index in [4.69, 9.17) is 0 Å². The molecule has 2 N–H and O–H groups in total. The molecule has 34 heavy (non-hydrogen) atoms. The lowest BCUT2D eigenvalue weighted by Crippen LogP contribution is -2.47. The maximum Gasteiger partial charge on any atom is 0.434 e. The summed E-state index contributed by atoms with van der Waals surface area (Å²) in [4.78, 5) is 18.6. The number of alkyl halides is 3. The summed E-state index contributed by atoms with van der Waals surface area (Å²) in [6, 6.07) is 1.76. The van der Waals surface area contributed by atoms with Crippen molar-refractivity contribution < 1.29 is 18.3 Å². The van der Waals surface area contributed by atoms with Gasteiger partial charge in [-0.15, -0.1) is 0 Å². The largest absolute Gasteiger partial charge is 0.434 e. The quantitative estimate of drug-likeness (QED) is 0.469. The number of fused-ring (bicyclic) bond motifs is 1. The molecule has 1 fully saturated rings. The number of nitrogens with zero attached hydrogens (tertiary/aromatic N) is 7. The Hall–Kier alpha value is -3.54. The molecule has 0 bridgehead atoms. The minimum atomic E-state index is -4.58. The Morgan fingerprint density at radius 1 is 1.09 bits per heavy atom. The Morgan fingerprint density at radius 3 is 2.62 bits per heavy atom. The number of H-pyrrole nitrogens is 1. The number of hydrogen-bond acceptors (Lipinski definition) is 7. The highest BCUT2D eigenvalue weighted by Gasteiger charge is 2.37. The number of nitrogens with one attached hydrogen (secondary N) is 1. The Morgan fingerprint density at radius 2 is 1.91 bits per heavy atom. The third-order valence-electron chi connectivity index (χ3n) is 6.32. The molecule has 2 atom stereocenters. The van der Waals surface area contributed by atoms with Crippen LogP contribution in [0.3, 0.4) is 0 Å². The van der Waals surface area contributed by atoms with Gasteiger partial charge in [0.25, 0.3) is 0 Å². The Balaban J connectivity index is 1.51. The van der Waals surface area contributed by atoms with Crippen LogP contribution in [-0.2, 0) is 6.18 Å². The maximum absolute atomic E-state index is 13.2. The summed E-state index contributed by atoms with van der Waals surface area (Å²) in [5.41, 5.74) is -0.298. The van der Waals surface area contributed by atoms with Crippen LogP contribution in [0.1, 0.15) is 37.4 Å². The van der Waals surface area contributed by atoms with Crippen LogP contribution in [0.15, 0.2) is 43.2 Å². The fourth-order valence-electron chi connectivity index (χ4n) is 4.37. The highest BCUT2D eigenvalue weighted by atomic mass is 19.4. The summed E-state index contributed by atoms with van der Waals surface area (Å²) in [5.74, 6) is 0.955. The molecule has 5 heterocycles. The Bertz CT molecular complexity index is 1300. The van der Waals surface area contributed by atoms with E-state index < -0.39 is 17.5 Å². The molecule has 2 unspecified atom stereocenters. The van der Waals surface area contributed by atoms with Gasteiger partial charge in [-0.2, -0.15) is 18.3 Å². The van der Waals surface area contributed by atoms with Crippen molar-refractivity contribution >= 4 is 11.5 Å². The van der Waals surface area contributed by atoms with Gasteiger partial charge in [-0.25, -0.2) is 19.9 Å². The zero-order valence-corrected chi connectivity index (χ0v) is 18.5. The molecule has 5 rings (SSSR count). The molecule has 0 aromatic carbocycles. The summed E-state index contributed by atoms with van der Waals surface area (Å²) in [7, 11) is 0. The van der Waals surface area contributed by atoms with E-state index in [1.807, 2.05) is 6.20 Å². The zero-order valence-electron chi connectivity index (χ0n) is 18.5. The minimum Gasteiger partial charge on any atom is -0.390 e. The monoisotopic (exact) mass is 472 g/mol. The SMILES string of the molecule is CC(C)(O)C1CC(c2cn[nH]c2)CN(c2ccnc(-c3cnc4cnc(C(F)(F)F)cn34)n2)C1. The van der Waals surface area contributed by atoms with Gasteiger partial charge in [-0.05, 0) is 31.9 Å². The summed E-state index contributed by atoms with van der Waals surface area (Å²) in [5, 5.41) is 17.6. The van der Waals surface area contributed by atoms with Crippen LogP contribution in [0.2, 0.25) is 0 Å². The van der Waals surface area contributed by atoms with Crippen LogP contribution in [0.5, 0.6) is 0 Å². The molecule has 0 spiro atoms. The van der Waals surface area contributed by atoms with Crippen LogP contribution in [-0.4, -0.2) is 58.3 Å². The van der Waals surface area contributed by atoms with Gasteiger partial charge in [0, 0.05) is 43.5 Å². The number of aromatic amines is 1. The van der Waals surface area contributed by atoms with Crippen LogP contribution >= 0.6 is 0 Å². The first kappa shape index (κ1) is 22.3. The number of anilines is 1. The van der Waals surface area contributed by atoms with E-state index >= 15 is 0 Å². The smallest absolute Gasteiger partial charge is 0.390 e. The lowest BCUT2D eigenvalue weighted by atomic mass is 9.78. The van der Waals surface area contributed by atoms with Crippen molar-refractivity contribution in [2.45, 2.75) is 38.0 Å². The highest BCUT2D eigenvalue weighted by molar-refractivity contribution is 5.58. The van der Waals surface area contributed by atoms with E-state index in [9.17, 15) is 18.3 Å². The van der Waals surface area contributed by atoms with Gasteiger partial charge in [0.15, 0.2) is 17.2 Å². The average Bonchev–Trinajstić information content (AvgIpc) is 3.47. The van der Waals surface area contributed by atoms with Gasteiger partial charge in [-0.3, -0.25) is 9.50 Å². The first-order valence-corrected chi connectivity index (χ1v) is 10.8. The van der Waals surface area contributed by atoms with Crippen LogP contribution < -0.4 is 4.90 Å². The van der Waals surface area contributed by atoms with Gasteiger partial charge < -0.3 is 10.0 Å². The second-order valence-electron chi connectivity index (χ2n) is 9.10. The number of aliphatic hydroxyl groups is 1. The molecule has 178 valence electrons. The molecule has 0 radical (unpaired) electrons. The third kappa shape index (κ3) is 4.20. The fraction of sp³-hybridized carbons (Fsp3) is 0.409. The summed E-state index contributed by atoms with van der Waals surface area (Å²) < 4.78 is 40.9. The minimum absolute atomic E-state index is 0.0317. The summed E-state index contributed by atoms with van der Waals surface area (Å²) in [6.07, 6.45) is 4.82. The Kier molecular flexibility index (Phi) is 5.27. The molecule has 4 aromatic rings. The molecule has 4 aromatic heterocycles. The molecule has 1 aliphatic heterocycles. The van der Waals surface area contributed by atoms with Crippen molar-refractivity contribution in [1.29, 1.82) is 0 Å². The molecule has 0 aliphatic carbocycles. The molecule has 1 aliphatic rings. The lowest BCUT2D eigenvalue weighted by molar-refractivity contribution is -0.141. The molecule has 0 saturated carbocycles. The van der Waals surface area contributed by atoms with Crippen molar-refractivity contribution in [2.75, 3.05) is 18.0 Å². The number of hydrogen-bond donors (Lipinski definition) is 2. The molecule has 9 nitrogen and oxygen atoms in total. The highest BCUT2D eigenvalue weighted by Crippen LogP contribution is 2.37. The maximum atomic E-state index is 13.2. The van der Waals surface area contributed by atoms with E-state index in [0.717, 1.165) is 24.4 Å². The Labute approximate surface area is 192 Å². The van der Waals surface area contributed by atoms with Crippen molar-refractivity contribution in [3.05, 3.63) is 54.5 Å². The van der Waals surface area contributed by atoms with Crippen molar-refractivity contribution in [2.24, 2.45) is 5.92 Å². The topological polar surface area (TPSA) is 108 Å². The van der Waals surface area contributed by atoms with E-state index in [2.05, 4.69) is 35.0 Å². The third-order valence-corrected chi connectivity index (χ3v) is 6.32. The van der Waals surface area contributed by atoms with Gasteiger partial charge in [0.2, 0.25) is 0 Å². The zero-order chi connectivity index (χ0) is 24.1. The summed E-state index contributed by atoms with van der Waals surface area (Å²) in [6.45, 7) is 4.81. The summed E-state index contributed by atoms with van der Waals surface area (Å²) >= 11 is 0. The van der Waals surface area contributed by atoms with Crippen LogP contribution in [0.25, 0.3) is 17.2 Å². The van der Waals surface area contributed by atoms with E-state index in [1.165, 1.54) is 10.6 Å². The van der Waals surface area contributed by atoms with E-state index in [-0.39, 0.29) is 23.3 Å². The molecule has 12 heteroatoms. The molecular weight excluding hydrogens is 449 g/mol. The molecule has 0 amide bonds. The number of piperidine rings is 1. The standard InChI is InChI=1S/C22H23F3N8O/c1-21(2,34)15-5-13(14-6-29-30-7-14)10-32(11-15)18-3-4-26-20(31-18)16-8-28-19-9-27-17(12-33(16)19)22(23,24)25/h3-4,6-9,12-13,15,34H,5,10-11H2,1-2H3,(H,29,30).